The Kier molecular flexibility index (Phi) is 4.92. The number of carbonyl (C=O) groups is 1. The van der Waals surface area contributed by atoms with Crippen LogP contribution in [0.4, 0.5) is 9.93 Å². The van der Waals surface area contributed by atoms with E-state index in [2.05, 4.69) is 26.2 Å². The maximum absolute atomic E-state index is 11.9. The van der Waals surface area contributed by atoms with E-state index >= 15 is 0 Å². The van der Waals surface area contributed by atoms with E-state index in [0.717, 1.165) is 22.7 Å². The third-order valence-corrected chi connectivity index (χ3v) is 6.87. The summed E-state index contributed by atoms with van der Waals surface area (Å²) in [5, 5.41) is 2.67. The summed E-state index contributed by atoms with van der Waals surface area (Å²) in [6.07, 6.45) is 1.48. The smallest absolute Gasteiger partial charge is 0.283 e. The first-order valence-corrected chi connectivity index (χ1v) is 9.34. The largest absolute Gasteiger partial charge is 0.334 e. The lowest BCUT2D eigenvalue weighted by Crippen LogP contribution is -2.33. The van der Waals surface area contributed by atoms with Gasteiger partial charge < -0.3 is 0 Å². The Morgan fingerprint density at radius 1 is 1.35 bits per heavy atom. The zero-order valence-corrected chi connectivity index (χ0v) is 14.7. The average Bonchev–Trinajstić information content (AvgIpc) is 2.86. The van der Waals surface area contributed by atoms with Gasteiger partial charge in [-0.3, -0.25) is 5.32 Å². The van der Waals surface area contributed by atoms with Crippen LogP contribution in [0.3, 0.4) is 0 Å². The molecule has 2 heterocycles. The maximum atomic E-state index is 11.9. The van der Waals surface area contributed by atoms with Crippen LogP contribution in [-0.2, 0) is 10.0 Å². The number of rotatable bonds is 3. The summed E-state index contributed by atoms with van der Waals surface area (Å²) < 4.78 is 26.3. The topological polar surface area (TPSA) is 88.2 Å². The van der Waals surface area contributed by atoms with Gasteiger partial charge in [0.25, 0.3) is 10.0 Å². The Bertz CT molecular complexity index is 739. The molecule has 108 valence electrons. The SMILES string of the molecule is O=C(Nc1ncc(Br)s1)NS(=O)(=O)c1cc(Cl)c(Cl)s1. The molecule has 20 heavy (non-hydrogen) atoms. The Hall–Kier alpha value is -0.390. The number of thiazole rings is 1. The van der Waals surface area contributed by atoms with Crippen LogP contribution < -0.4 is 10.0 Å². The summed E-state index contributed by atoms with van der Waals surface area (Å²) in [5.74, 6) is 0. The van der Waals surface area contributed by atoms with Crippen molar-refractivity contribution in [1.82, 2.24) is 9.71 Å². The predicted octanol–water partition coefficient (Wildman–Crippen LogP) is 3.78. The van der Waals surface area contributed by atoms with Crippen LogP contribution in [0.25, 0.3) is 0 Å². The van der Waals surface area contributed by atoms with Gasteiger partial charge in [0.15, 0.2) is 5.13 Å². The molecule has 0 radical (unpaired) electrons. The van der Waals surface area contributed by atoms with Gasteiger partial charge >= 0.3 is 6.03 Å². The molecular weight excluding hydrogens is 433 g/mol. The average molecular weight is 437 g/mol. The van der Waals surface area contributed by atoms with Crippen LogP contribution in [0.15, 0.2) is 20.3 Å². The Morgan fingerprint density at radius 3 is 2.55 bits per heavy atom. The van der Waals surface area contributed by atoms with Gasteiger partial charge in [0.05, 0.1) is 15.0 Å². The van der Waals surface area contributed by atoms with Crippen molar-refractivity contribution in [2.75, 3.05) is 5.32 Å². The second-order valence-corrected chi connectivity index (χ2v) is 9.60. The number of amides is 2. The van der Waals surface area contributed by atoms with Crippen molar-refractivity contribution in [1.29, 1.82) is 0 Å². The lowest BCUT2D eigenvalue weighted by Gasteiger charge is -2.04. The number of aromatic nitrogens is 1. The minimum absolute atomic E-state index is 0.112. The van der Waals surface area contributed by atoms with Crippen LogP contribution in [0.1, 0.15) is 0 Å². The molecule has 12 heteroatoms. The van der Waals surface area contributed by atoms with Gasteiger partial charge in [-0.15, -0.1) is 11.3 Å². The first-order chi connectivity index (χ1) is 9.28. The number of thiophene rings is 1. The number of hydrogen-bond acceptors (Lipinski definition) is 6. The molecule has 0 fully saturated rings. The van der Waals surface area contributed by atoms with Gasteiger partial charge in [-0.25, -0.2) is 22.9 Å². The maximum Gasteiger partial charge on any atom is 0.334 e. The fraction of sp³-hybridized carbons (Fsp3) is 0. The summed E-state index contributed by atoms with van der Waals surface area (Å²) >= 11 is 16.4. The number of hydrogen-bond donors (Lipinski definition) is 2. The van der Waals surface area contributed by atoms with Crippen LogP contribution >= 0.6 is 61.8 Å². The molecule has 0 unspecified atom stereocenters. The first kappa shape index (κ1) is 16.0. The lowest BCUT2D eigenvalue weighted by atomic mass is 10.7. The lowest BCUT2D eigenvalue weighted by molar-refractivity contribution is 0.256. The molecule has 0 aromatic carbocycles. The minimum Gasteiger partial charge on any atom is -0.283 e. The van der Waals surface area contributed by atoms with E-state index in [-0.39, 0.29) is 18.7 Å². The van der Waals surface area contributed by atoms with Crippen molar-refractivity contribution in [2.24, 2.45) is 0 Å². The van der Waals surface area contributed by atoms with E-state index < -0.39 is 16.1 Å². The third kappa shape index (κ3) is 3.83. The molecular formula is C8H4BrCl2N3O3S3. The van der Waals surface area contributed by atoms with E-state index in [4.69, 9.17) is 23.2 Å². The van der Waals surface area contributed by atoms with Crippen LogP contribution in [0, 0.1) is 0 Å². The number of anilines is 1. The van der Waals surface area contributed by atoms with Gasteiger partial charge in [-0.1, -0.05) is 34.5 Å². The fourth-order valence-corrected chi connectivity index (χ4v) is 4.96. The van der Waals surface area contributed by atoms with Crippen LogP contribution in [-0.4, -0.2) is 19.4 Å². The van der Waals surface area contributed by atoms with E-state index in [9.17, 15) is 13.2 Å². The van der Waals surface area contributed by atoms with Crippen LogP contribution in [0.2, 0.25) is 9.36 Å². The number of nitrogens with zero attached hydrogens (tertiary/aromatic N) is 1. The molecule has 0 spiro atoms. The van der Waals surface area contributed by atoms with Crippen molar-refractivity contribution < 1.29 is 13.2 Å². The molecule has 0 aliphatic carbocycles. The van der Waals surface area contributed by atoms with Crippen molar-refractivity contribution in [3.63, 3.8) is 0 Å². The van der Waals surface area contributed by atoms with Gasteiger partial charge in [-0.05, 0) is 22.0 Å². The van der Waals surface area contributed by atoms with Gasteiger partial charge in [-0.2, -0.15) is 0 Å². The Morgan fingerprint density at radius 2 is 2.05 bits per heavy atom. The standard InChI is InChI=1S/C8H4BrCl2N3O3S3/c9-4-2-12-8(18-4)13-7(15)14-20(16,17)5-1-3(10)6(11)19-5/h1-2H,(H2,12,13,14,15). The molecule has 2 amide bonds. The quantitative estimate of drug-likeness (QED) is 0.765. The van der Waals surface area contributed by atoms with Gasteiger partial charge in [0.1, 0.15) is 8.55 Å². The van der Waals surface area contributed by atoms with Crippen molar-refractivity contribution in [3.05, 3.63) is 25.4 Å². The van der Waals surface area contributed by atoms with E-state index in [1.807, 2.05) is 4.72 Å². The zero-order chi connectivity index (χ0) is 14.9. The highest BCUT2D eigenvalue weighted by Gasteiger charge is 2.22. The van der Waals surface area contributed by atoms with Crippen LogP contribution in [0.5, 0.6) is 0 Å². The first-order valence-electron chi connectivity index (χ1n) is 4.68. The summed E-state index contributed by atoms with van der Waals surface area (Å²) in [4.78, 5) is 15.4. The molecule has 0 saturated carbocycles. The van der Waals surface area contributed by atoms with E-state index in [1.54, 1.807) is 0 Å². The number of carbonyl (C=O) groups excluding carboxylic acids is 1. The molecule has 2 aromatic heterocycles. The van der Waals surface area contributed by atoms with E-state index in [1.165, 1.54) is 12.3 Å². The number of halogens is 3. The zero-order valence-electron chi connectivity index (χ0n) is 9.19. The Labute approximate surface area is 140 Å². The predicted molar refractivity (Wildman–Crippen MR) is 83.5 cm³/mol. The molecule has 2 rings (SSSR count). The monoisotopic (exact) mass is 435 g/mol. The summed E-state index contributed by atoms with van der Waals surface area (Å²) in [6.45, 7) is 0. The third-order valence-electron chi connectivity index (χ3n) is 1.81. The van der Waals surface area contributed by atoms with Crippen molar-refractivity contribution in [2.45, 2.75) is 4.21 Å². The molecule has 0 saturated heterocycles. The minimum atomic E-state index is -4.02. The molecule has 2 aromatic rings. The highest BCUT2D eigenvalue weighted by Crippen LogP contribution is 2.34. The molecule has 0 atom stereocenters. The molecule has 6 nitrogen and oxygen atoms in total. The number of urea groups is 1. The highest BCUT2D eigenvalue weighted by molar-refractivity contribution is 9.11. The van der Waals surface area contributed by atoms with Crippen molar-refractivity contribution in [3.8, 4) is 0 Å². The Balaban J connectivity index is 2.10. The molecule has 0 bridgehead atoms. The molecule has 2 N–H and O–H groups in total. The summed E-state index contributed by atoms with van der Waals surface area (Å²) in [6, 6.07) is 0.247. The summed E-state index contributed by atoms with van der Waals surface area (Å²) in [5.41, 5.74) is 0. The van der Waals surface area contributed by atoms with Crippen molar-refractivity contribution >= 4 is 83.0 Å². The molecule has 0 aliphatic heterocycles. The molecule has 0 aliphatic rings. The second kappa shape index (κ2) is 6.16. The van der Waals surface area contributed by atoms with E-state index in [0.29, 0.717) is 3.79 Å². The fourth-order valence-electron chi connectivity index (χ4n) is 1.07. The second-order valence-electron chi connectivity index (χ2n) is 3.22. The summed E-state index contributed by atoms with van der Waals surface area (Å²) in [7, 11) is -4.02. The van der Waals surface area contributed by atoms with Gasteiger partial charge in [0.2, 0.25) is 0 Å². The number of nitrogens with one attached hydrogen (secondary N) is 2. The normalized spacial score (nSPS) is 11.3. The van der Waals surface area contributed by atoms with Gasteiger partial charge in [0, 0.05) is 0 Å². The highest BCUT2D eigenvalue weighted by atomic mass is 79.9. The number of sulfonamides is 1.